The third-order valence-electron chi connectivity index (χ3n) is 2.32. The van der Waals surface area contributed by atoms with Gasteiger partial charge in [-0.05, 0) is 30.5 Å². The van der Waals surface area contributed by atoms with Gasteiger partial charge in [0.2, 0.25) is 0 Å². The van der Waals surface area contributed by atoms with Gasteiger partial charge in [-0.1, -0.05) is 24.8 Å². The van der Waals surface area contributed by atoms with Crippen molar-refractivity contribution >= 4 is 6.08 Å². The molecule has 0 spiro atoms. The van der Waals surface area contributed by atoms with E-state index in [4.69, 9.17) is 9.47 Å². The second kappa shape index (κ2) is 8.18. The molecule has 1 aromatic carbocycles. The second-order valence-electron chi connectivity index (χ2n) is 3.79. The van der Waals surface area contributed by atoms with Crippen LogP contribution in [-0.2, 0) is 0 Å². The maximum Gasteiger partial charge on any atom is 0.123 e. The van der Waals surface area contributed by atoms with Crippen LogP contribution in [0.4, 0.5) is 0 Å². The van der Waals surface area contributed by atoms with E-state index in [1.807, 2.05) is 30.4 Å². The van der Waals surface area contributed by atoms with Crippen LogP contribution >= 0.6 is 0 Å². The van der Waals surface area contributed by atoms with Gasteiger partial charge < -0.3 is 9.47 Å². The molecule has 0 heterocycles. The Balaban J connectivity index is 2.70. The van der Waals surface area contributed by atoms with Gasteiger partial charge in [-0.2, -0.15) is 0 Å². The average molecular weight is 244 g/mol. The van der Waals surface area contributed by atoms with Crippen molar-refractivity contribution in [2.24, 2.45) is 0 Å². The van der Waals surface area contributed by atoms with E-state index < -0.39 is 0 Å². The molecule has 0 aliphatic heterocycles. The molecule has 0 aliphatic rings. The summed E-state index contributed by atoms with van der Waals surface area (Å²) in [6, 6.07) is 5.77. The number of hydrogen-bond acceptors (Lipinski definition) is 2. The molecule has 0 saturated heterocycles. The summed E-state index contributed by atoms with van der Waals surface area (Å²) in [7, 11) is 0. The fourth-order valence-electron chi connectivity index (χ4n) is 1.40. The summed E-state index contributed by atoms with van der Waals surface area (Å²) in [5, 5.41) is 0. The molecule has 0 amide bonds. The summed E-state index contributed by atoms with van der Waals surface area (Å²) >= 11 is 0. The monoisotopic (exact) mass is 244 g/mol. The standard InChI is InChI=1S/C16H20O2/c1-4-7-9-17-15-11-14(6-3)12-16(13-15)18-10-8-5-2/h4-6,11-13H,1-3,7-10H2. The van der Waals surface area contributed by atoms with Gasteiger partial charge in [0.15, 0.2) is 0 Å². The zero-order valence-corrected chi connectivity index (χ0v) is 10.7. The third kappa shape index (κ3) is 4.91. The highest BCUT2D eigenvalue weighted by Crippen LogP contribution is 2.24. The zero-order chi connectivity index (χ0) is 13.2. The van der Waals surface area contributed by atoms with Crippen molar-refractivity contribution in [3.8, 4) is 11.5 Å². The summed E-state index contributed by atoms with van der Waals surface area (Å²) in [4.78, 5) is 0. The van der Waals surface area contributed by atoms with E-state index in [2.05, 4.69) is 19.7 Å². The molecular formula is C16H20O2. The molecular weight excluding hydrogens is 224 g/mol. The molecule has 0 saturated carbocycles. The minimum absolute atomic E-state index is 0.621. The molecule has 0 aromatic heterocycles. The summed E-state index contributed by atoms with van der Waals surface area (Å²) in [6.07, 6.45) is 7.09. The van der Waals surface area contributed by atoms with Crippen molar-refractivity contribution < 1.29 is 9.47 Å². The smallest absolute Gasteiger partial charge is 0.123 e. The molecule has 0 unspecified atom stereocenters. The van der Waals surface area contributed by atoms with Crippen LogP contribution < -0.4 is 9.47 Å². The lowest BCUT2D eigenvalue weighted by atomic mass is 10.2. The Kier molecular flexibility index (Phi) is 6.41. The highest BCUT2D eigenvalue weighted by atomic mass is 16.5. The molecule has 18 heavy (non-hydrogen) atoms. The molecule has 1 aromatic rings. The summed E-state index contributed by atoms with van der Waals surface area (Å²) in [6.45, 7) is 12.3. The quantitative estimate of drug-likeness (QED) is 0.478. The minimum atomic E-state index is 0.621. The minimum Gasteiger partial charge on any atom is -0.493 e. The van der Waals surface area contributed by atoms with Gasteiger partial charge in [-0.15, -0.1) is 13.2 Å². The van der Waals surface area contributed by atoms with Crippen molar-refractivity contribution in [2.75, 3.05) is 13.2 Å². The molecule has 1 rings (SSSR count). The first-order valence-electron chi connectivity index (χ1n) is 6.05. The van der Waals surface area contributed by atoms with Gasteiger partial charge in [0.1, 0.15) is 11.5 Å². The molecule has 0 fully saturated rings. The first-order valence-corrected chi connectivity index (χ1v) is 6.05. The van der Waals surface area contributed by atoms with Crippen molar-refractivity contribution in [1.29, 1.82) is 0 Å². The van der Waals surface area contributed by atoms with Crippen LogP contribution in [0.1, 0.15) is 18.4 Å². The van der Waals surface area contributed by atoms with Gasteiger partial charge in [0.05, 0.1) is 13.2 Å². The second-order valence-corrected chi connectivity index (χ2v) is 3.79. The maximum absolute atomic E-state index is 5.62. The van der Waals surface area contributed by atoms with Gasteiger partial charge >= 0.3 is 0 Å². The van der Waals surface area contributed by atoms with E-state index >= 15 is 0 Å². The lowest BCUT2D eigenvalue weighted by molar-refractivity contribution is 0.308. The molecule has 0 bridgehead atoms. The first kappa shape index (κ1) is 14.1. The van der Waals surface area contributed by atoms with Gasteiger partial charge in [0, 0.05) is 6.07 Å². The van der Waals surface area contributed by atoms with Crippen LogP contribution in [0.3, 0.4) is 0 Å². The molecule has 0 aliphatic carbocycles. The Morgan fingerprint density at radius 2 is 1.33 bits per heavy atom. The van der Waals surface area contributed by atoms with Crippen LogP contribution in [0, 0.1) is 0 Å². The van der Waals surface area contributed by atoms with Crippen molar-refractivity contribution in [1.82, 2.24) is 0 Å². The van der Waals surface area contributed by atoms with Crippen molar-refractivity contribution in [3.05, 3.63) is 55.7 Å². The third-order valence-corrected chi connectivity index (χ3v) is 2.32. The summed E-state index contributed by atoms with van der Waals surface area (Å²) in [5.41, 5.74) is 0.986. The Bertz CT molecular complexity index is 375. The molecule has 96 valence electrons. The molecule has 2 heteroatoms. The Hall–Kier alpha value is -1.96. The highest BCUT2D eigenvalue weighted by Gasteiger charge is 2.01. The lowest BCUT2D eigenvalue weighted by Crippen LogP contribution is -1.99. The molecule has 2 nitrogen and oxygen atoms in total. The largest absolute Gasteiger partial charge is 0.493 e. The predicted octanol–water partition coefficient (Wildman–Crippen LogP) is 4.24. The highest BCUT2D eigenvalue weighted by molar-refractivity contribution is 5.53. The number of ether oxygens (including phenoxy) is 2. The Morgan fingerprint density at radius 1 is 0.833 bits per heavy atom. The van der Waals surface area contributed by atoms with Crippen molar-refractivity contribution in [2.45, 2.75) is 12.8 Å². The topological polar surface area (TPSA) is 18.5 Å². The van der Waals surface area contributed by atoms with Crippen LogP contribution in [0.15, 0.2) is 50.1 Å². The van der Waals surface area contributed by atoms with E-state index in [0.717, 1.165) is 29.9 Å². The summed E-state index contributed by atoms with van der Waals surface area (Å²) in [5.74, 6) is 1.59. The van der Waals surface area contributed by atoms with Crippen molar-refractivity contribution in [3.63, 3.8) is 0 Å². The normalized spacial score (nSPS) is 9.56. The number of hydrogen-bond donors (Lipinski definition) is 0. The molecule has 0 atom stereocenters. The predicted molar refractivity (Wildman–Crippen MR) is 77.2 cm³/mol. The van der Waals surface area contributed by atoms with E-state index in [1.165, 1.54) is 0 Å². The molecule has 0 radical (unpaired) electrons. The Labute approximate surface area is 109 Å². The molecule has 0 N–H and O–H groups in total. The zero-order valence-electron chi connectivity index (χ0n) is 10.7. The van der Waals surface area contributed by atoms with Gasteiger partial charge in [-0.3, -0.25) is 0 Å². The van der Waals surface area contributed by atoms with E-state index in [9.17, 15) is 0 Å². The van der Waals surface area contributed by atoms with Crippen LogP contribution in [-0.4, -0.2) is 13.2 Å². The van der Waals surface area contributed by atoms with Gasteiger partial charge in [0.25, 0.3) is 0 Å². The number of rotatable bonds is 9. The SMILES string of the molecule is C=CCCOc1cc(C=C)cc(OCCC=C)c1. The maximum atomic E-state index is 5.62. The van der Waals surface area contributed by atoms with Gasteiger partial charge in [-0.25, -0.2) is 0 Å². The van der Waals surface area contributed by atoms with E-state index in [-0.39, 0.29) is 0 Å². The number of benzene rings is 1. The first-order chi connectivity index (χ1) is 8.80. The van der Waals surface area contributed by atoms with Crippen LogP contribution in [0.25, 0.3) is 6.08 Å². The lowest BCUT2D eigenvalue weighted by Gasteiger charge is -2.10. The van der Waals surface area contributed by atoms with E-state index in [0.29, 0.717) is 13.2 Å². The fraction of sp³-hybridized carbons (Fsp3) is 0.250. The average Bonchev–Trinajstić information content (AvgIpc) is 2.39. The fourth-order valence-corrected chi connectivity index (χ4v) is 1.40. The van der Waals surface area contributed by atoms with Crippen LogP contribution in [0.5, 0.6) is 11.5 Å². The summed E-state index contributed by atoms with van der Waals surface area (Å²) < 4.78 is 11.2. The Morgan fingerprint density at radius 3 is 1.72 bits per heavy atom. The van der Waals surface area contributed by atoms with E-state index in [1.54, 1.807) is 6.08 Å². The van der Waals surface area contributed by atoms with Crippen LogP contribution in [0.2, 0.25) is 0 Å².